The number of halogens is 1. The van der Waals surface area contributed by atoms with Gasteiger partial charge in [-0.15, -0.1) is 0 Å². The lowest BCUT2D eigenvalue weighted by molar-refractivity contribution is 0.624. The molecule has 0 aliphatic heterocycles. The van der Waals surface area contributed by atoms with Crippen molar-refractivity contribution in [3.8, 4) is 0 Å². The fraction of sp³-hybridized carbons (Fsp3) is 0. The third-order valence-corrected chi connectivity index (χ3v) is 1.56. The van der Waals surface area contributed by atoms with Gasteiger partial charge in [0.25, 0.3) is 0 Å². The van der Waals surface area contributed by atoms with Crippen LogP contribution in [0.2, 0.25) is 0 Å². The SMILES string of the molecule is C=NSc1cccc(F)c1. The van der Waals surface area contributed by atoms with Gasteiger partial charge in [-0.05, 0) is 24.9 Å². The molecular weight excluding hydrogens is 149 g/mol. The maximum atomic E-state index is 12.4. The number of hydrogen-bond acceptors (Lipinski definition) is 2. The smallest absolute Gasteiger partial charge is 0.124 e. The molecule has 1 nitrogen and oxygen atoms in total. The standard InChI is InChI=1S/C7H6FNS/c1-9-10-7-4-2-3-6(8)5-7/h2-5H,1H2. The van der Waals surface area contributed by atoms with Crippen molar-refractivity contribution in [1.82, 2.24) is 0 Å². The third kappa shape index (κ3) is 1.84. The minimum absolute atomic E-state index is 0.242. The fourth-order valence-electron chi connectivity index (χ4n) is 0.598. The lowest BCUT2D eigenvalue weighted by atomic mass is 10.4. The van der Waals surface area contributed by atoms with Crippen LogP contribution in [-0.4, -0.2) is 6.72 Å². The lowest BCUT2D eigenvalue weighted by Gasteiger charge is -1.92. The van der Waals surface area contributed by atoms with Crippen LogP contribution < -0.4 is 0 Å². The summed E-state index contributed by atoms with van der Waals surface area (Å²) in [6, 6.07) is 6.23. The van der Waals surface area contributed by atoms with E-state index in [1.807, 2.05) is 0 Å². The summed E-state index contributed by atoms with van der Waals surface area (Å²) in [5.74, 6) is -0.242. The maximum Gasteiger partial charge on any atom is 0.124 e. The Morgan fingerprint density at radius 1 is 1.50 bits per heavy atom. The van der Waals surface area contributed by atoms with E-state index in [4.69, 9.17) is 0 Å². The molecule has 0 aliphatic rings. The molecule has 52 valence electrons. The van der Waals surface area contributed by atoms with Crippen LogP contribution in [0.15, 0.2) is 33.6 Å². The Labute approximate surface area is 63.1 Å². The summed E-state index contributed by atoms with van der Waals surface area (Å²) in [6.07, 6.45) is 0. The Bertz CT molecular complexity index is 237. The van der Waals surface area contributed by atoms with Crippen LogP contribution in [0.25, 0.3) is 0 Å². The fourth-order valence-corrected chi connectivity index (χ4v) is 1.05. The highest BCUT2D eigenvalue weighted by molar-refractivity contribution is 7.98. The molecule has 1 rings (SSSR count). The number of hydrogen-bond donors (Lipinski definition) is 0. The normalized spacial score (nSPS) is 9.30. The highest BCUT2D eigenvalue weighted by atomic mass is 32.2. The highest BCUT2D eigenvalue weighted by Crippen LogP contribution is 2.18. The first-order valence-corrected chi connectivity index (χ1v) is 3.49. The zero-order valence-electron chi connectivity index (χ0n) is 5.25. The molecule has 1 aromatic carbocycles. The second-order valence-corrected chi connectivity index (χ2v) is 2.59. The zero-order chi connectivity index (χ0) is 7.40. The van der Waals surface area contributed by atoms with Gasteiger partial charge < -0.3 is 0 Å². The first-order valence-electron chi connectivity index (χ1n) is 2.71. The molecule has 0 aromatic heterocycles. The first-order chi connectivity index (χ1) is 4.83. The van der Waals surface area contributed by atoms with Gasteiger partial charge in [0.05, 0.1) is 0 Å². The third-order valence-electron chi connectivity index (χ3n) is 0.966. The topological polar surface area (TPSA) is 12.4 Å². The summed E-state index contributed by atoms with van der Waals surface area (Å²) in [7, 11) is 0. The number of benzene rings is 1. The minimum atomic E-state index is -0.242. The molecule has 0 aliphatic carbocycles. The number of rotatable bonds is 2. The highest BCUT2D eigenvalue weighted by Gasteiger charge is 1.91. The molecule has 0 unspecified atom stereocenters. The van der Waals surface area contributed by atoms with Crippen molar-refractivity contribution in [2.45, 2.75) is 4.90 Å². The van der Waals surface area contributed by atoms with Crippen LogP contribution in [0.5, 0.6) is 0 Å². The van der Waals surface area contributed by atoms with E-state index >= 15 is 0 Å². The molecule has 0 saturated carbocycles. The van der Waals surface area contributed by atoms with Crippen molar-refractivity contribution in [2.24, 2.45) is 4.40 Å². The molecule has 0 fully saturated rings. The van der Waals surface area contributed by atoms with Crippen molar-refractivity contribution < 1.29 is 4.39 Å². The first kappa shape index (κ1) is 7.28. The molecule has 0 amide bonds. The van der Waals surface area contributed by atoms with Crippen molar-refractivity contribution in [1.29, 1.82) is 0 Å². The molecule has 0 radical (unpaired) electrons. The van der Waals surface area contributed by atoms with Gasteiger partial charge in [-0.3, -0.25) is 0 Å². The Morgan fingerprint density at radius 2 is 2.30 bits per heavy atom. The molecule has 3 heteroatoms. The molecule has 0 saturated heterocycles. The summed E-state index contributed by atoms with van der Waals surface area (Å²) in [5, 5.41) is 0. The van der Waals surface area contributed by atoms with E-state index in [-0.39, 0.29) is 5.82 Å². The van der Waals surface area contributed by atoms with Crippen LogP contribution in [0, 0.1) is 5.82 Å². The minimum Gasteiger partial charge on any atom is -0.227 e. The Morgan fingerprint density at radius 3 is 2.90 bits per heavy atom. The Hall–Kier alpha value is -0.830. The quantitative estimate of drug-likeness (QED) is 0.472. The van der Waals surface area contributed by atoms with Gasteiger partial charge in [-0.1, -0.05) is 6.07 Å². The molecule has 0 bridgehead atoms. The van der Waals surface area contributed by atoms with Crippen LogP contribution >= 0.6 is 11.9 Å². The van der Waals surface area contributed by atoms with E-state index in [0.717, 1.165) is 16.8 Å². The van der Waals surface area contributed by atoms with Gasteiger partial charge >= 0.3 is 0 Å². The molecule has 0 spiro atoms. The van der Waals surface area contributed by atoms with Gasteiger partial charge in [0.1, 0.15) is 5.82 Å². The van der Waals surface area contributed by atoms with Crippen LogP contribution in [0.1, 0.15) is 0 Å². The monoisotopic (exact) mass is 155 g/mol. The average molecular weight is 155 g/mol. The van der Waals surface area contributed by atoms with Crippen molar-refractivity contribution in [3.63, 3.8) is 0 Å². The van der Waals surface area contributed by atoms with E-state index in [1.165, 1.54) is 12.1 Å². The second kappa shape index (κ2) is 3.37. The van der Waals surface area contributed by atoms with Gasteiger partial charge in [0.15, 0.2) is 0 Å². The molecule has 0 heterocycles. The van der Waals surface area contributed by atoms with Crippen LogP contribution in [-0.2, 0) is 0 Å². The molecule has 1 aromatic rings. The van der Waals surface area contributed by atoms with Gasteiger partial charge in [-0.2, -0.15) is 0 Å². The Kier molecular flexibility index (Phi) is 2.45. The average Bonchev–Trinajstić information content (AvgIpc) is 1.88. The summed E-state index contributed by atoms with van der Waals surface area (Å²) in [6.45, 7) is 3.28. The molecular formula is C7H6FNS. The van der Waals surface area contributed by atoms with Gasteiger partial charge in [0.2, 0.25) is 0 Å². The van der Waals surface area contributed by atoms with E-state index in [0.29, 0.717) is 0 Å². The molecule has 0 atom stereocenters. The summed E-state index contributed by atoms with van der Waals surface area (Å²) in [5.41, 5.74) is 0. The molecule has 10 heavy (non-hydrogen) atoms. The van der Waals surface area contributed by atoms with E-state index in [9.17, 15) is 4.39 Å². The van der Waals surface area contributed by atoms with Crippen LogP contribution in [0.3, 0.4) is 0 Å². The van der Waals surface area contributed by atoms with E-state index < -0.39 is 0 Å². The largest absolute Gasteiger partial charge is 0.227 e. The van der Waals surface area contributed by atoms with Crippen molar-refractivity contribution in [2.75, 3.05) is 0 Å². The summed E-state index contributed by atoms with van der Waals surface area (Å²) < 4.78 is 16.0. The lowest BCUT2D eigenvalue weighted by Crippen LogP contribution is -1.71. The van der Waals surface area contributed by atoms with Gasteiger partial charge in [-0.25, -0.2) is 8.79 Å². The zero-order valence-corrected chi connectivity index (χ0v) is 6.07. The predicted molar refractivity (Wildman–Crippen MR) is 41.8 cm³/mol. The predicted octanol–water partition coefficient (Wildman–Crippen LogP) is 2.53. The second-order valence-electron chi connectivity index (χ2n) is 1.68. The van der Waals surface area contributed by atoms with E-state index in [2.05, 4.69) is 11.1 Å². The molecule has 0 N–H and O–H groups in total. The number of nitrogens with zero attached hydrogens (tertiary/aromatic N) is 1. The van der Waals surface area contributed by atoms with Crippen LogP contribution in [0.4, 0.5) is 4.39 Å². The van der Waals surface area contributed by atoms with Crippen molar-refractivity contribution in [3.05, 3.63) is 30.1 Å². The summed E-state index contributed by atoms with van der Waals surface area (Å²) in [4.78, 5) is 0.773. The Balaban J connectivity index is 2.84. The van der Waals surface area contributed by atoms with Gasteiger partial charge in [0, 0.05) is 16.8 Å². The van der Waals surface area contributed by atoms with E-state index in [1.54, 1.807) is 12.1 Å². The summed E-state index contributed by atoms with van der Waals surface area (Å²) >= 11 is 1.16. The maximum absolute atomic E-state index is 12.4. The van der Waals surface area contributed by atoms with Crippen molar-refractivity contribution >= 4 is 18.7 Å².